The maximum absolute atomic E-state index is 13.3. The molecule has 1 aromatic carbocycles. The predicted octanol–water partition coefficient (Wildman–Crippen LogP) is 1.64. The summed E-state index contributed by atoms with van der Waals surface area (Å²) in [6, 6.07) is 7.05. The number of fused-ring (bicyclic) bond motifs is 3. The number of nitrogens with zero attached hydrogens (tertiary/aromatic N) is 4. The minimum absolute atomic E-state index is 0.0285. The minimum atomic E-state index is -0.826. The van der Waals surface area contributed by atoms with Gasteiger partial charge in [-0.05, 0) is 45.2 Å². The summed E-state index contributed by atoms with van der Waals surface area (Å²) in [6.07, 6.45) is 2.24. The van der Waals surface area contributed by atoms with E-state index in [1.54, 1.807) is 52.9 Å². The molecule has 0 aromatic heterocycles. The Balaban J connectivity index is 1.37. The Bertz CT molecular complexity index is 1070. The third-order valence-electron chi connectivity index (χ3n) is 7.49. The van der Waals surface area contributed by atoms with Gasteiger partial charge in [0, 0.05) is 39.5 Å². The number of anilines is 1. The van der Waals surface area contributed by atoms with Gasteiger partial charge >= 0.3 is 5.97 Å². The lowest BCUT2D eigenvalue weighted by Gasteiger charge is -2.48. The number of hydrogen-bond acceptors (Lipinski definition) is 6. The molecular formula is C26H34N4O6. The lowest BCUT2D eigenvalue weighted by atomic mass is 9.98. The monoisotopic (exact) mass is 498 g/mol. The summed E-state index contributed by atoms with van der Waals surface area (Å²) in [6.45, 7) is 4.79. The zero-order chi connectivity index (χ0) is 26.0. The molecule has 36 heavy (non-hydrogen) atoms. The van der Waals surface area contributed by atoms with Crippen molar-refractivity contribution >= 4 is 35.3 Å². The second-order valence-corrected chi connectivity index (χ2v) is 9.85. The van der Waals surface area contributed by atoms with Crippen molar-refractivity contribution in [2.75, 3.05) is 44.7 Å². The average molecular weight is 499 g/mol. The Morgan fingerprint density at radius 3 is 2.69 bits per heavy atom. The van der Waals surface area contributed by atoms with Gasteiger partial charge in [0.1, 0.15) is 5.66 Å². The fraction of sp³-hybridized carbons (Fsp3) is 0.577. The van der Waals surface area contributed by atoms with Gasteiger partial charge in [-0.15, -0.1) is 0 Å². The molecule has 2 fully saturated rings. The zero-order valence-corrected chi connectivity index (χ0v) is 21.2. The Morgan fingerprint density at radius 2 is 1.94 bits per heavy atom. The first kappa shape index (κ1) is 25.7. The van der Waals surface area contributed by atoms with Crippen LogP contribution in [0.25, 0.3) is 0 Å². The zero-order valence-electron chi connectivity index (χ0n) is 21.2. The van der Waals surface area contributed by atoms with Gasteiger partial charge in [0.15, 0.2) is 0 Å². The first-order valence-electron chi connectivity index (χ1n) is 12.6. The van der Waals surface area contributed by atoms with Crippen molar-refractivity contribution in [3.05, 3.63) is 29.8 Å². The molecule has 3 aliphatic rings. The van der Waals surface area contributed by atoms with Crippen molar-refractivity contribution in [1.82, 2.24) is 14.7 Å². The van der Waals surface area contributed by atoms with E-state index in [4.69, 9.17) is 4.74 Å². The maximum atomic E-state index is 13.3. The van der Waals surface area contributed by atoms with Crippen LogP contribution in [-0.4, -0.2) is 89.8 Å². The third kappa shape index (κ3) is 4.68. The van der Waals surface area contributed by atoms with E-state index in [9.17, 15) is 24.0 Å². The SMILES string of the molecule is CCOC(=O)C1CCCN(C(=O)CN(C)C(=O)CCN2C(=O)c3ccccc3N3C(=O)CCC23C)C1. The lowest BCUT2D eigenvalue weighted by molar-refractivity contribution is -0.152. The third-order valence-corrected chi connectivity index (χ3v) is 7.49. The number of rotatable bonds is 7. The number of carbonyl (C=O) groups is 5. The van der Waals surface area contributed by atoms with Crippen LogP contribution in [0.4, 0.5) is 5.69 Å². The molecule has 0 radical (unpaired) electrons. The summed E-state index contributed by atoms with van der Waals surface area (Å²) in [4.78, 5) is 70.1. The van der Waals surface area contributed by atoms with Crippen LogP contribution in [0.5, 0.6) is 0 Å². The van der Waals surface area contributed by atoms with Gasteiger partial charge in [0.05, 0.1) is 30.3 Å². The fourth-order valence-electron chi connectivity index (χ4n) is 5.49. The highest BCUT2D eigenvalue weighted by atomic mass is 16.5. The largest absolute Gasteiger partial charge is 0.466 e. The highest BCUT2D eigenvalue weighted by Crippen LogP contribution is 2.44. The molecule has 4 amide bonds. The lowest BCUT2D eigenvalue weighted by Crippen LogP contribution is -2.62. The summed E-state index contributed by atoms with van der Waals surface area (Å²) in [5.74, 6) is -1.37. The second-order valence-electron chi connectivity index (χ2n) is 9.85. The summed E-state index contributed by atoms with van der Waals surface area (Å²) >= 11 is 0. The second kappa shape index (κ2) is 10.3. The number of piperidine rings is 1. The number of hydrogen-bond donors (Lipinski definition) is 0. The number of likely N-dealkylation sites (N-methyl/N-ethyl adjacent to an activating group) is 1. The molecule has 0 bridgehead atoms. The molecule has 10 heteroatoms. The predicted molar refractivity (Wildman–Crippen MR) is 131 cm³/mol. The van der Waals surface area contributed by atoms with Crippen molar-refractivity contribution in [3.8, 4) is 0 Å². The number of ether oxygens (including phenoxy) is 1. The van der Waals surface area contributed by atoms with E-state index in [0.717, 1.165) is 0 Å². The quantitative estimate of drug-likeness (QED) is 0.529. The Labute approximate surface area is 211 Å². The van der Waals surface area contributed by atoms with E-state index in [-0.39, 0.29) is 55.0 Å². The Morgan fingerprint density at radius 1 is 1.19 bits per heavy atom. The van der Waals surface area contributed by atoms with E-state index >= 15 is 0 Å². The standard InChI is InChI=1S/C26H34N4O6/c1-4-36-25(35)18-8-7-14-28(16-18)23(33)17-27(3)21(31)12-15-29-24(34)19-9-5-6-10-20(19)30-22(32)11-13-26(29,30)2/h5-6,9-10,18H,4,7-8,11-17H2,1-3H3. The van der Waals surface area contributed by atoms with Gasteiger partial charge in [-0.1, -0.05) is 12.1 Å². The van der Waals surface area contributed by atoms with E-state index in [2.05, 4.69) is 0 Å². The van der Waals surface area contributed by atoms with Gasteiger partial charge < -0.3 is 19.4 Å². The normalized spacial score (nSPS) is 23.3. The average Bonchev–Trinajstić information content (AvgIpc) is 3.18. The van der Waals surface area contributed by atoms with Crippen molar-refractivity contribution in [3.63, 3.8) is 0 Å². The molecule has 194 valence electrons. The van der Waals surface area contributed by atoms with Crippen LogP contribution >= 0.6 is 0 Å². The van der Waals surface area contributed by atoms with Crippen LogP contribution < -0.4 is 4.90 Å². The molecule has 10 nitrogen and oxygen atoms in total. The molecule has 4 rings (SSSR count). The molecule has 3 aliphatic heterocycles. The number of benzene rings is 1. The highest BCUT2D eigenvalue weighted by molar-refractivity contribution is 6.10. The van der Waals surface area contributed by atoms with Crippen molar-refractivity contribution < 1.29 is 28.7 Å². The van der Waals surface area contributed by atoms with Crippen molar-refractivity contribution in [1.29, 1.82) is 0 Å². The molecule has 3 heterocycles. The van der Waals surface area contributed by atoms with Gasteiger partial charge in [-0.2, -0.15) is 0 Å². The smallest absolute Gasteiger partial charge is 0.310 e. The highest BCUT2D eigenvalue weighted by Gasteiger charge is 2.52. The number of carbonyl (C=O) groups excluding carboxylic acids is 5. The van der Waals surface area contributed by atoms with Crippen LogP contribution in [0, 0.1) is 5.92 Å². The summed E-state index contributed by atoms with van der Waals surface area (Å²) in [5, 5.41) is 0. The molecule has 2 saturated heterocycles. The van der Waals surface area contributed by atoms with Gasteiger partial charge in [0.2, 0.25) is 17.7 Å². The maximum Gasteiger partial charge on any atom is 0.310 e. The Hall–Kier alpha value is -3.43. The minimum Gasteiger partial charge on any atom is -0.466 e. The number of amides is 4. The van der Waals surface area contributed by atoms with E-state index in [0.29, 0.717) is 56.6 Å². The van der Waals surface area contributed by atoms with E-state index in [1.165, 1.54) is 4.90 Å². The summed E-state index contributed by atoms with van der Waals surface area (Å²) < 4.78 is 5.10. The van der Waals surface area contributed by atoms with E-state index in [1.807, 2.05) is 6.92 Å². The van der Waals surface area contributed by atoms with Crippen LogP contribution in [0.15, 0.2) is 24.3 Å². The van der Waals surface area contributed by atoms with Crippen LogP contribution in [0.1, 0.15) is 56.3 Å². The number of likely N-dealkylation sites (tertiary alicyclic amines) is 1. The molecule has 2 atom stereocenters. The van der Waals surface area contributed by atoms with Gasteiger partial charge in [-0.25, -0.2) is 0 Å². The molecule has 1 aromatic rings. The fourth-order valence-corrected chi connectivity index (χ4v) is 5.49. The van der Waals surface area contributed by atoms with Crippen LogP contribution in [-0.2, 0) is 23.9 Å². The number of esters is 1. The molecule has 2 unspecified atom stereocenters. The molecule has 0 N–H and O–H groups in total. The first-order valence-corrected chi connectivity index (χ1v) is 12.6. The van der Waals surface area contributed by atoms with Crippen LogP contribution in [0.2, 0.25) is 0 Å². The topological polar surface area (TPSA) is 108 Å². The van der Waals surface area contributed by atoms with Gasteiger partial charge in [0.25, 0.3) is 5.91 Å². The molecule has 0 spiro atoms. The molecule has 0 aliphatic carbocycles. The summed E-state index contributed by atoms with van der Waals surface area (Å²) in [7, 11) is 1.56. The first-order chi connectivity index (χ1) is 17.2. The van der Waals surface area contributed by atoms with E-state index < -0.39 is 5.66 Å². The molecule has 0 saturated carbocycles. The number of para-hydroxylation sites is 1. The van der Waals surface area contributed by atoms with Crippen molar-refractivity contribution in [2.45, 2.75) is 51.6 Å². The van der Waals surface area contributed by atoms with Crippen LogP contribution in [0.3, 0.4) is 0 Å². The van der Waals surface area contributed by atoms with Gasteiger partial charge in [-0.3, -0.25) is 28.9 Å². The summed E-state index contributed by atoms with van der Waals surface area (Å²) in [5.41, 5.74) is 0.232. The Kier molecular flexibility index (Phi) is 7.33. The molecular weight excluding hydrogens is 464 g/mol. The van der Waals surface area contributed by atoms with Crippen molar-refractivity contribution in [2.24, 2.45) is 5.92 Å².